The molecule has 0 spiro atoms. The van der Waals surface area contributed by atoms with E-state index < -0.39 is 0 Å². The van der Waals surface area contributed by atoms with Gasteiger partial charge >= 0.3 is 0 Å². The fourth-order valence-electron chi connectivity index (χ4n) is 1.47. The van der Waals surface area contributed by atoms with Crippen LogP contribution in [-0.4, -0.2) is 31.0 Å². The molecule has 0 bridgehead atoms. The minimum absolute atomic E-state index is 0.190. The number of ketones is 1. The summed E-state index contributed by atoms with van der Waals surface area (Å²) in [5.74, 6) is 0.190. The highest BCUT2D eigenvalue weighted by Gasteiger charge is 2.12. The van der Waals surface area contributed by atoms with Crippen molar-refractivity contribution in [3.63, 3.8) is 0 Å². The Morgan fingerprint density at radius 1 is 1.50 bits per heavy atom. The second-order valence-corrected chi connectivity index (χ2v) is 5.04. The van der Waals surface area contributed by atoms with E-state index >= 15 is 0 Å². The Hall–Kier alpha value is -1.43. The molecule has 0 aliphatic rings. The Balaban J connectivity index is 2.20. The van der Waals surface area contributed by atoms with E-state index in [0.717, 1.165) is 10.5 Å². The molecule has 2 aromatic rings. The summed E-state index contributed by atoms with van der Waals surface area (Å²) in [6.07, 6.45) is 3.63. The number of fused-ring (bicyclic) bond motifs is 1. The lowest BCUT2D eigenvalue weighted by Crippen LogP contribution is -2.03. The SMILES string of the molecule is CC(=O)CC(C)Sc1ncnc2nc[nH]c12. The first-order chi connectivity index (χ1) is 7.66. The van der Waals surface area contributed by atoms with Crippen LogP contribution in [0.25, 0.3) is 11.2 Å². The van der Waals surface area contributed by atoms with E-state index in [1.54, 1.807) is 25.0 Å². The average Bonchev–Trinajstić information content (AvgIpc) is 2.65. The van der Waals surface area contributed by atoms with Gasteiger partial charge in [0.15, 0.2) is 5.65 Å². The maximum atomic E-state index is 11.0. The van der Waals surface area contributed by atoms with Crippen LogP contribution < -0.4 is 0 Å². The van der Waals surface area contributed by atoms with Gasteiger partial charge in [-0.25, -0.2) is 15.0 Å². The van der Waals surface area contributed by atoms with Gasteiger partial charge in [0.1, 0.15) is 22.7 Å². The van der Waals surface area contributed by atoms with Crippen molar-refractivity contribution in [1.29, 1.82) is 0 Å². The number of H-pyrrole nitrogens is 1. The van der Waals surface area contributed by atoms with Crippen LogP contribution in [0.1, 0.15) is 20.3 Å². The van der Waals surface area contributed by atoms with Crippen LogP contribution in [0.15, 0.2) is 17.7 Å². The van der Waals surface area contributed by atoms with Gasteiger partial charge in [0.25, 0.3) is 0 Å². The Labute approximate surface area is 97.1 Å². The number of aromatic nitrogens is 4. The molecule has 1 atom stereocenters. The number of thioether (sulfide) groups is 1. The third kappa shape index (κ3) is 2.38. The van der Waals surface area contributed by atoms with E-state index in [2.05, 4.69) is 19.9 Å². The Kier molecular flexibility index (Phi) is 3.19. The summed E-state index contributed by atoms with van der Waals surface area (Å²) < 4.78 is 0. The summed E-state index contributed by atoms with van der Waals surface area (Å²) in [6, 6.07) is 0. The van der Waals surface area contributed by atoms with Gasteiger partial charge in [0, 0.05) is 11.7 Å². The molecule has 2 rings (SSSR count). The zero-order chi connectivity index (χ0) is 11.5. The summed E-state index contributed by atoms with van der Waals surface area (Å²) in [5.41, 5.74) is 1.50. The summed E-state index contributed by atoms with van der Waals surface area (Å²) in [7, 11) is 0. The number of carbonyl (C=O) groups excluding carboxylic acids is 1. The van der Waals surface area contributed by atoms with Crippen molar-refractivity contribution < 1.29 is 4.79 Å². The predicted molar refractivity (Wildman–Crippen MR) is 62.3 cm³/mol. The van der Waals surface area contributed by atoms with Gasteiger partial charge in [0.2, 0.25) is 0 Å². The molecule has 1 N–H and O–H groups in total. The number of carbonyl (C=O) groups is 1. The summed E-state index contributed by atoms with van der Waals surface area (Å²) in [4.78, 5) is 26.3. The number of nitrogens with zero attached hydrogens (tertiary/aromatic N) is 3. The van der Waals surface area contributed by atoms with Gasteiger partial charge in [0.05, 0.1) is 6.33 Å². The van der Waals surface area contributed by atoms with E-state index in [9.17, 15) is 4.79 Å². The minimum atomic E-state index is 0.190. The Bertz CT molecular complexity index is 510. The number of hydrogen-bond acceptors (Lipinski definition) is 5. The molecule has 0 radical (unpaired) electrons. The van der Waals surface area contributed by atoms with Gasteiger partial charge in [-0.15, -0.1) is 11.8 Å². The van der Waals surface area contributed by atoms with Gasteiger partial charge in [-0.3, -0.25) is 4.79 Å². The molecular formula is C10H12N4OS. The first-order valence-electron chi connectivity index (χ1n) is 4.97. The van der Waals surface area contributed by atoms with Crippen molar-refractivity contribution >= 4 is 28.7 Å². The van der Waals surface area contributed by atoms with Gasteiger partial charge in [-0.2, -0.15) is 0 Å². The summed E-state index contributed by atoms with van der Waals surface area (Å²) in [6.45, 7) is 3.61. The van der Waals surface area contributed by atoms with E-state index in [1.807, 2.05) is 6.92 Å². The number of hydrogen-bond donors (Lipinski definition) is 1. The average molecular weight is 236 g/mol. The third-order valence-electron chi connectivity index (χ3n) is 2.08. The van der Waals surface area contributed by atoms with Crippen LogP contribution in [0.5, 0.6) is 0 Å². The molecule has 16 heavy (non-hydrogen) atoms. The van der Waals surface area contributed by atoms with Crippen molar-refractivity contribution in [3.8, 4) is 0 Å². The summed E-state index contributed by atoms with van der Waals surface area (Å²) >= 11 is 1.56. The molecule has 0 amide bonds. The van der Waals surface area contributed by atoms with E-state index in [1.165, 1.54) is 6.33 Å². The zero-order valence-corrected chi connectivity index (χ0v) is 9.91. The lowest BCUT2D eigenvalue weighted by molar-refractivity contribution is -0.116. The summed E-state index contributed by atoms with van der Waals surface area (Å²) in [5, 5.41) is 1.05. The molecule has 5 nitrogen and oxygen atoms in total. The maximum Gasteiger partial charge on any atom is 0.181 e. The molecule has 0 aromatic carbocycles. The fourth-order valence-corrected chi connectivity index (χ4v) is 2.54. The Morgan fingerprint density at radius 2 is 2.31 bits per heavy atom. The van der Waals surface area contributed by atoms with Crippen molar-refractivity contribution in [2.75, 3.05) is 0 Å². The fraction of sp³-hybridized carbons (Fsp3) is 0.400. The topological polar surface area (TPSA) is 71.5 Å². The van der Waals surface area contributed by atoms with Crippen molar-refractivity contribution in [3.05, 3.63) is 12.7 Å². The smallest absolute Gasteiger partial charge is 0.181 e. The normalized spacial score (nSPS) is 12.9. The molecule has 0 saturated heterocycles. The van der Waals surface area contributed by atoms with E-state index in [4.69, 9.17) is 0 Å². The molecule has 0 aliphatic carbocycles. The van der Waals surface area contributed by atoms with Crippen LogP contribution in [0, 0.1) is 0 Å². The lowest BCUT2D eigenvalue weighted by Gasteiger charge is -2.07. The molecule has 0 fully saturated rings. The van der Waals surface area contributed by atoms with Crippen molar-refractivity contribution in [2.45, 2.75) is 30.5 Å². The van der Waals surface area contributed by atoms with Gasteiger partial charge in [-0.05, 0) is 6.92 Å². The van der Waals surface area contributed by atoms with Crippen LogP contribution in [0.3, 0.4) is 0 Å². The molecule has 1 unspecified atom stereocenters. The monoisotopic (exact) mass is 236 g/mol. The lowest BCUT2D eigenvalue weighted by atomic mass is 10.2. The number of rotatable bonds is 4. The zero-order valence-electron chi connectivity index (χ0n) is 9.10. The molecule has 6 heteroatoms. The third-order valence-corrected chi connectivity index (χ3v) is 3.18. The number of aromatic amines is 1. The second-order valence-electron chi connectivity index (χ2n) is 3.61. The van der Waals surface area contributed by atoms with Crippen LogP contribution in [-0.2, 0) is 4.79 Å². The highest BCUT2D eigenvalue weighted by Crippen LogP contribution is 2.27. The Morgan fingerprint density at radius 3 is 3.06 bits per heavy atom. The van der Waals surface area contributed by atoms with Crippen LogP contribution in [0.4, 0.5) is 0 Å². The molecule has 84 valence electrons. The largest absolute Gasteiger partial charge is 0.341 e. The van der Waals surface area contributed by atoms with Gasteiger partial charge in [-0.1, -0.05) is 6.92 Å². The molecule has 2 heterocycles. The number of Topliss-reactive ketones (excluding diaryl/α,β-unsaturated/α-hetero) is 1. The highest BCUT2D eigenvalue weighted by atomic mass is 32.2. The van der Waals surface area contributed by atoms with Crippen LogP contribution in [0.2, 0.25) is 0 Å². The first-order valence-corrected chi connectivity index (χ1v) is 5.85. The number of imidazole rings is 1. The molecule has 0 aliphatic heterocycles. The second kappa shape index (κ2) is 4.61. The molecular weight excluding hydrogens is 224 g/mol. The number of nitrogens with one attached hydrogen (secondary N) is 1. The molecule has 2 aromatic heterocycles. The predicted octanol–water partition coefficient (Wildman–Crippen LogP) is 1.81. The van der Waals surface area contributed by atoms with Crippen LogP contribution >= 0.6 is 11.8 Å². The van der Waals surface area contributed by atoms with Crippen molar-refractivity contribution in [1.82, 2.24) is 19.9 Å². The van der Waals surface area contributed by atoms with Crippen molar-refractivity contribution in [2.24, 2.45) is 0 Å². The highest BCUT2D eigenvalue weighted by molar-refractivity contribution is 8.00. The maximum absolute atomic E-state index is 11.0. The van der Waals surface area contributed by atoms with Gasteiger partial charge < -0.3 is 4.98 Å². The standard InChI is InChI=1S/C10H12N4OS/c1-6(15)3-7(2)16-10-8-9(12-4-11-8)13-5-14-10/h4-5,7H,3H2,1-2H3,(H,11,12,13,14). The molecule has 0 saturated carbocycles. The minimum Gasteiger partial charge on any atom is -0.341 e. The van der Waals surface area contributed by atoms with E-state index in [-0.39, 0.29) is 11.0 Å². The first kappa shape index (κ1) is 11.1. The van der Waals surface area contributed by atoms with E-state index in [0.29, 0.717) is 12.1 Å². The quantitative estimate of drug-likeness (QED) is 0.647.